The van der Waals surface area contributed by atoms with Gasteiger partial charge < -0.3 is 15.4 Å². The average molecular weight is 276 g/mol. The van der Waals surface area contributed by atoms with Gasteiger partial charge >= 0.3 is 0 Å². The van der Waals surface area contributed by atoms with E-state index in [1.54, 1.807) is 0 Å². The van der Waals surface area contributed by atoms with Crippen molar-refractivity contribution in [3.63, 3.8) is 0 Å². The Hall–Kier alpha value is -1.38. The van der Waals surface area contributed by atoms with Crippen LogP contribution in [0.25, 0.3) is 0 Å². The smallest absolute Gasteiger partial charge is 0.144 e. The summed E-state index contributed by atoms with van der Waals surface area (Å²) in [6.07, 6.45) is 7.49. The van der Waals surface area contributed by atoms with E-state index in [9.17, 15) is 0 Å². The maximum absolute atomic E-state index is 6.01. The Bertz CT molecular complexity index is 419. The van der Waals surface area contributed by atoms with Crippen LogP contribution in [0, 0.1) is 0 Å². The Labute approximate surface area is 123 Å². The second-order valence-corrected chi connectivity index (χ2v) is 5.68. The highest BCUT2D eigenvalue weighted by molar-refractivity contribution is 5.62. The van der Waals surface area contributed by atoms with E-state index >= 15 is 0 Å². The van der Waals surface area contributed by atoms with Crippen molar-refractivity contribution in [2.75, 3.05) is 23.8 Å². The van der Waals surface area contributed by atoms with E-state index in [-0.39, 0.29) is 0 Å². The van der Waals surface area contributed by atoms with Gasteiger partial charge in [-0.05, 0) is 37.8 Å². The lowest BCUT2D eigenvalue weighted by atomic mass is 10.1. The van der Waals surface area contributed by atoms with Crippen molar-refractivity contribution in [1.82, 2.24) is 0 Å². The van der Waals surface area contributed by atoms with Crippen LogP contribution in [0.3, 0.4) is 0 Å². The zero-order valence-corrected chi connectivity index (χ0v) is 12.9. The molecule has 1 aromatic carbocycles. The van der Waals surface area contributed by atoms with Crippen LogP contribution < -0.4 is 15.4 Å². The molecule has 0 radical (unpaired) electrons. The number of hydrogen-bond acceptors (Lipinski definition) is 3. The molecule has 1 aliphatic heterocycles. The molecule has 3 nitrogen and oxygen atoms in total. The van der Waals surface area contributed by atoms with Crippen molar-refractivity contribution in [3.8, 4) is 5.75 Å². The fourth-order valence-corrected chi connectivity index (χ4v) is 2.98. The molecule has 1 aromatic rings. The predicted molar refractivity (Wildman–Crippen MR) is 86.5 cm³/mol. The number of anilines is 2. The van der Waals surface area contributed by atoms with Crippen LogP contribution in [0.2, 0.25) is 0 Å². The lowest BCUT2D eigenvalue weighted by Crippen LogP contribution is -2.34. The molecule has 20 heavy (non-hydrogen) atoms. The van der Waals surface area contributed by atoms with Gasteiger partial charge in [0, 0.05) is 24.3 Å². The number of rotatable bonds is 5. The predicted octanol–water partition coefficient (Wildman–Crippen LogP) is 4.22. The van der Waals surface area contributed by atoms with Gasteiger partial charge in [0.25, 0.3) is 0 Å². The first kappa shape index (κ1) is 15.0. The summed E-state index contributed by atoms with van der Waals surface area (Å²) in [6, 6.07) is 6.90. The molecule has 0 spiro atoms. The number of nitrogens with zero attached hydrogens (tertiary/aromatic N) is 1. The summed E-state index contributed by atoms with van der Waals surface area (Å²) in [5, 5.41) is 0. The number of hydrogen-bond donors (Lipinski definition) is 1. The highest BCUT2D eigenvalue weighted by Crippen LogP contribution is 2.32. The van der Waals surface area contributed by atoms with Crippen molar-refractivity contribution < 1.29 is 4.74 Å². The number of nitrogen functional groups attached to an aromatic ring is 1. The molecule has 1 unspecified atom stereocenters. The second-order valence-electron chi connectivity index (χ2n) is 5.68. The molecule has 2 rings (SSSR count). The van der Waals surface area contributed by atoms with Crippen LogP contribution >= 0.6 is 0 Å². The van der Waals surface area contributed by atoms with E-state index in [2.05, 4.69) is 30.9 Å². The third kappa shape index (κ3) is 3.59. The first-order valence-corrected chi connectivity index (χ1v) is 8.05. The summed E-state index contributed by atoms with van der Waals surface area (Å²) in [7, 11) is 0. The maximum Gasteiger partial charge on any atom is 0.144 e. The number of nitrogens with two attached hydrogens (primary N) is 1. The van der Waals surface area contributed by atoms with Crippen LogP contribution in [-0.2, 0) is 0 Å². The van der Waals surface area contributed by atoms with Gasteiger partial charge in [0.15, 0.2) is 0 Å². The van der Waals surface area contributed by atoms with Gasteiger partial charge in [0.05, 0.1) is 12.3 Å². The minimum atomic E-state index is 0.653. The van der Waals surface area contributed by atoms with Gasteiger partial charge in [0.2, 0.25) is 0 Å². The monoisotopic (exact) mass is 276 g/mol. The second kappa shape index (κ2) is 7.41. The molecule has 0 aliphatic carbocycles. The SMILES string of the molecule is CCCOc1cc(N2CCCCCC2CC)ccc1N. The van der Waals surface area contributed by atoms with Gasteiger partial charge in [-0.3, -0.25) is 0 Å². The first-order valence-electron chi connectivity index (χ1n) is 8.05. The van der Waals surface area contributed by atoms with Gasteiger partial charge in [-0.15, -0.1) is 0 Å². The van der Waals surface area contributed by atoms with E-state index in [1.165, 1.54) is 37.8 Å². The standard InChI is InChI=1S/C17H28N2O/c1-3-12-20-17-13-15(9-10-16(17)18)19-11-7-5-6-8-14(19)4-2/h9-10,13-14H,3-8,11-12,18H2,1-2H3. The summed E-state index contributed by atoms with van der Waals surface area (Å²) in [6.45, 7) is 6.28. The summed E-state index contributed by atoms with van der Waals surface area (Å²) >= 11 is 0. The van der Waals surface area contributed by atoms with E-state index in [0.29, 0.717) is 6.04 Å². The summed E-state index contributed by atoms with van der Waals surface area (Å²) < 4.78 is 5.77. The molecule has 1 fully saturated rings. The van der Waals surface area contributed by atoms with Crippen molar-refractivity contribution in [1.29, 1.82) is 0 Å². The first-order chi connectivity index (χ1) is 9.76. The number of benzene rings is 1. The van der Waals surface area contributed by atoms with Crippen molar-refractivity contribution in [2.24, 2.45) is 0 Å². The van der Waals surface area contributed by atoms with Crippen LogP contribution in [0.1, 0.15) is 52.4 Å². The van der Waals surface area contributed by atoms with Crippen LogP contribution in [-0.4, -0.2) is 19.2 Å². The fraction of sp³-hybridized carbons (Fsp3) is 0.647. The lowest BCUT2D eigenvalue weighted by Gasteiger charge is -2.32. The normalized spacial score (nSPS) is 19.7. The highest BCUT2D eigenvalue weighted by atomic mass is 16.5. The minimum Gasteiger partial charge on any atom is -0.491 e. The van der Waals surface area contributed by atoms with Crippen molar-refractivity contribution in [2.45, 2.75) is 58.4 Å². The van der Waals surface area contributed by atoms with Gasteiger partial charge in [-0.2, -0.15) is 0 Å². The molecule has 1 aliphatic rings. The molecular weight excluding hydrogens is 248 g/mol. The molecule has 1 saturated heterocycles. The van der Waals surface area contributed by atoms with E-state index in [4.69, 9.17) is 10.5 Å². The molecule has 0 bridgehead atoms. The zero-order chi connectivity index (χ0) is 14.4. The van der Waals surface area contributed by atoms with E-state index < -0.39 is 0 Å². The van der Waals surface area contributed by atoms with Crippen molar-refractivity contribution in [3.05, 3.63) is 18.2 Å². The van der Waals surface area contributed by atoms with Crippen molar-refractivity contribution >= 4 is 11.4 Å². The van der Waals surface area contributed by atoms with Crippen LogP contribution in [0.5, 0.6) is 5.75 Å². The maximum atomic E-state index is 6.01. The lowest BCUT2D eigenvalue weighted by molar-refractivity contribution is 0.319. The van der Waals surface area contributed by atoms with E-state index in [1.807, 2.05) is 6.07 Å². The van der Waals surface area contributed by atoms with E-state index in [0.717, 1.165) is 31.0 Å². The quantitative estimate of drug-likeness (QED) is 0.818. The summed E-state index contributed by atoms with van der Waals surface area (Å²) in [5.74, 6) is 0.837. The molecular formula is C17H28N2O. The minimum absolute atomic E-state index is 0.653. The molecule has 0 saturated carbocycles. The molecule has 0 aromatic heterocycles. The largest absolute Gasteiger partial charge is 0.491 e. The third-order valence-electron chi connectivity index (χ3n) is 4.14. The molecule has 2 N–H and O–H groups in total. The average Bonchev–Trinajstić information content (AvgIpc) is 2.71. The van der Waals surface area contributed by atoms with Gasteiger partial charge in [0.1, 0.15) is 5.75 Å². The molecule has 3 heteroatoms. The molecule has 112 valence electrons. The highest BCUT2D eigenvalue weighted by Gasteiger charge is 2.20. The fourth-order valence-electron chi connectivity index (χ4n) is 2.98. The summed E-state index contributed by atoms with van der Waals surface area (Å²) in [4.78, 5) is 2.55. The topological polar surface area (TPSA) is 38.5 Å². The van der Waals surface area contributed by atoms with Crippen LogP contribution in [0.4, 0.5) is 11.4 Å². The molecule has 1 heterocycles. The molecule has 1 atom stereocenters. The molecule has 0 amide bonds. The Kier molecular flexibility index (Phi) is 5.57. The summed E-state index contributed by atoms with van der Waals surface area (Å²) in [5.41, 5.74) is 8.02. The Morgan fingerprint density at radius 2 is 2.10 bits per heavy atom. The van der Waals surface area contributed by atoms with Crippen LogP contribution in [0.15, 0.2) is 18.2 Å². The Morgan fingerprint density at radius 1 is 1.25 bits per heavy atom. The Morgan fingerprint density at radius 3 is 2.85 bits per heavy atom. The Balaban J connectivity index is 2.20. The third-order valence-corrected chi connectivity index (χ3v) is 4.14. The number of ether oxygens (including phenoxy) is 1. The van der Waals surface area contributed by atoms with Gasteiger partial charge in [-0.1, -0.05) is 26.7 Å². The van der Waals surface area contributed by atoms with Gasteiger partial charge in [-0.25, -0.2) is 0 Å². The zero-order valence-electron chi connectivity index (χ0n) is 12.9.